The molecular weight excluding hydrogens is 213 g/mol. The number of halogens is 1. The van der Waals surface area contributed by atoms with Crippen LogP contribution in [0.15, 0.2) is 0 Å². The topological polar surface area (TPSA) is 46.6 Å². The van der Waals surface area contributed by atoms with Crippen molar-refractivity contribution >= 4 is 11.9 Å². The van der Waals surface area contributed by atoms with Crippen LogP contribution in [0, 0.1) is 0 Å². The lowest BCUT2D eigenvalue weighted by Gasteiger charge is -2.24. The molecule has 1 rings (SSSR count). The fourth-order valence-electron chi connectivity index (χ4n) is 1.54. The summed E-state index contributed by atoms with van der Waals surface area (Å²) in [5, 5.41) is 0. The van der Waals surface area contributed by atoms with Crippen LogP contribution in [0.4, 0.5) is 9.18 Å². The number of alkyl halides is 1. The van der Waals surface area contributed by atoms with Crippen molar-refractivity contribution in [2.45, 2.75) is 45.4 Å². The van der Waals surface area contributed by atoms with Crippen molar-refractivity contribution < 1.29 is 18.7 Å². The molecular formula is C11H18FNO3. The summed E-state index contributed by atoms with van der Waals surface area (Å²) in [4.78, 5) is 23.9. The second kappa shape index (κ2) is 4.03. The molecule has 1 atom stereocenters. The maximum absolute atomic E-state index is 13.9. The number of carbonyl (C=O) groups excluding carboxylic acids is 2. The zero-order chi connectivity index (χ0) is 12.6. The SMILES string of the molecule is CC(=O)[C@@]1(F)CCN(C(=O)OC(C)(C)C)C1. The molecule has 0 aliphatic carbocycles. The van der Waals surface area contributed by atoms with E-state index in [0.29, 0.717) is 0 Å². The van der Waals surface area contributed by atoms with E-state index in [1.807, 2.05) is 0 Å². The molecule has 4 nitrogen and oxygen atoms in total. The van der Waals surface area contributed by atoms with Crippen LogP contribution in [0.25, 0.3) is 0 Å². The van der Waals surface area contributed by atoms with Crippen LogP contribution < -0.4 is 0 Å². The highest BCUT2D eigenvalue weighted by atomic mass is 19.1. The van der Waals surface area contributed by atoms with Gasteiger partial charge in [0.1, 0.15) is 5.60 Å². The van der Waals surface area contributed by atoms with Gasteiger partial charge in [0, 0.05) is 13.0 Å². The van der Waals surface area contributed by atoms with Crippen molar-refractivity contribution in [3.05, 3.63) is 0 Å². The average Bonchev–Trinajstić information content (AvgIpc) is 2.46. The van der Waals surface area contributed by atoms with E-state index in [1.54, 1.807) is 20.8 Å². The van der Waals surface area contributed by atoms with Gasteiger partial charge in [0.2, 0.25) is 0 Å². The van der Waals surface area contributed by atoms with Gasteiger partial charge in [-0.25, -0.2) is 9.18 Å². The molecule has 1 fully saturated rings. The fourth-order valence-corrected chi connectivity index (χ4v) is 1.54. The molecule has 0 spiro atoms. The Bertz CT molecular complexity index is 311. The minimum absolute atomic E-state index is 0.0571. The van der Waals surface area contributed by atoms with Gasteiger partial charge in [-0.3, -0.25) is 4.79 Å². The van der Waals surface area contributed by atoms with Gasteiger partial charge in [0.15, 0.2) is 11.5 Å². The highest BCUT2D eigenvalue weighted by Gasteiger charge is 2.45. The van der Waals surface area contributed by atoms with Gasteiger partial charge < -0.3 is 9.64 Å². The number of likely N-dealkylation sites (tertiary alicyclic amines) is 1. The highest BCUT2D eigenvalue weighted by Crippen LogP contribution is 2.27. The van der Waals surface area contributed by atoms with E-state index in [4.69, 9.17) is 4.74 Å². The molecule has 0 N–H and O–H groups in total. The summed E-state index contributed by atoms with van der Waals surface area (Å²) < 4.78 is 19.0. The lowest BCUT2D eigenvalue weighted by atomic mass is 10.0. The van der Waals surface area contributed by atoms with Gasteiger partial charge in [-0.05, 0) is 27.7 Å². The maximum atomic E-state index is 13.9. The molecule has 1 saturated heterocycles. The summed E-state index contributed by atoms with van der Waals surface area (Å²) in [5.74, 6) is -0.529. The second-order valence-corrected chi connectivity index (χ2v) is 5.17. The number of hydrogen-bond donors (Lipinski definition) is 0. The Morgan fingerprint density at radius 2 is 1.94 bits per heavy atom. The standard InChI is InChI=1S/C11H18FNO3/c1-8(14)11(12)5-6-13(7-11)9(15)16-10(2,3)4/h5-7H2,1-4H3/t11-/m1/s1. The normalized spacial score (nSPS) is 25.7. The average molecular weight is 231 g/mol. The van der Waals surface area contributed by atoms with Gasteiger partial charge in [-0.2, -0.15) is 0 Å². The second-order valence-electron chi connectivity index (χ2n) is 5.17. The fraction of sp³-hybridized carbons (Fsp3) is 0.818. The molecule has 1 heterocycles. The lowest BCUT2D eigenvalue weighted by Crippen LogP contribution is -2.40. The van der Waals surface area contributed by atoms with Crippen molar-refractivity contribution in [3.8, 4) is 0 Å². The van der Waals surface area contributed by atoms with E-state index in [9.17, 15) is 14.0 Å². The van der Waals surface area contributed by atoms with Crippen molar-refractivity contribution in [2.75, 3.05) is 13.1 Å². The number of carbonyl (C=O) groups is 2. The van der Waals surface area contributed by atoms with Gasteiger partial charge in [0.05, 0.1) is 6.54 Å². The molecule has 0 aromatic heterocycles. The molecule has 0 radical (unpaired) electrons. The Balaban J connectivity index is 2.60. The first-order valence-electron chi connectivity index (χ1n) is 5.32. The monoisotopic (exact) mass is 231 g/mol. The number of ether oxygens (including phenoxy) is 1. The van der Waals surface area contributed by atoms with Crippen molar-refractivity contribution in [1.29, 1.82) is 0 Å². The Kier molecular flexibility index (Phi) is 3.26. The molecule has 1 aliphatic heterocycles. The third kappa shape index (κ3) is 2.93. The third-order valence-corrected chi connectivity index (χ3v) is 2.50. The number of nitrogens with zero attached hydrogens (tertiary/aromatic N) is 1. The largest absolute Gasteiger partial charge is 0.444 e. The minimum Gasteiger partial charge on any atom is -0.444 e. The number of rotatable bonds is 1. The molecule has 1 aliphatic rings. The Labute approximate surface area is 94.7 Å². The quantitative estimate of drug-likeness (QED) is 0.692. The Morgan fingerprint density at radius 1 is 1.38 bits per heavy atom. The predicted molar refractivity (Wildman–Crippen MR) is 56.9 cm³/mol. The zero-order valence-corrected chi connectivity index (χ0v) is 10.2. The number of Topliss-reactive ketones (excluding diaryl/α,β-unsaturated/α-hetero) is 1. The smallest absolute Gasteiger partial charge is 0.410 e. The number of hydrogen-bond acceptors (Lipinski definition) is 3. The summed E-state index contributed by atoms with van der Waals surface area (Å²) in [6.07, 6.45) is -0.505. The van der Waals surface area contributed by atoms with E-state index >= 15 is 0 Å². The van der Waals surface area contributed by atoms with Crippen LogP contribution >= 0.6 is 0 Å². The lowest BCUT2D eigenvalue weighted by molar-refractivity contribution is -0.127. The summed E-state index contributed by atoms with van der Waals surface area (Å²) >= 11 is 0. The van der Waals surface area contributed by atoms with Crippen LogP contribution in [0.5, 0.6) is 0 Å². The van der Waals surface area contributed by atoms with E-state index in [-0.39, 0.29) is 19.5 Å². The molecule has 5 heteroatoms. The first-order chi connectivity index (χ1) is 7.14. The van der Waals surface area contributed by atoms with Crippen LogP contribution in [0.1, 0.15) is 34.1 Å². The maximum Gasteiger partial charge on any atom is 0.410 e. The Morgan fingerprint density at radius 3 is 2.31 bits per heavy atom. The van der Waals surface area contributed by atoms with Gasteiger partial charge >= 0.3 is 6.09 Å². The first-order valence-corrected chi connectivity index (χ1v) is 5.32. The van der Waals surface area contributed by atoms with E-state index in [2.05, 4.69) is 0 Å². The van der Waals surface area contributed by atoms with Crippen LogP contribution in [0.2, 0.25) is 0 Å². The van der Waals surface area contributed by atoms with Gasteiger partial charge in [-0.1, -0.05) is 0 Å². The van der Waals surface area contributed by atoms with Crippen molar-refractivity contribution in [1.82, 2.24) is 4.90 Å². The molecule has 92 valence electrons. The highest BCUT2D eigenvalue weighted by molar-refractivity contribution is 5.86. The van der Waals surface area contributed by atoms with Crippen molar-refractivity contribution in [2.24, 2.45) is 0 Å². The number of ketones is 1. The Hall–Kier alpha value is -1.13. The summed E-state index contributed by atoms with van der Waals surface area (Å²) in [7, 11) is 0. The first kappa shape index (κ1) is 12.9. The van der Waals surface area contributed by atoms with E-state index < -0.39 is 23.1 Å². The van der Waals surface area contributed by atoms with Crippen LogP contribution in [-0.4, -0.2) is 41.1 Å². The van der Waals surface area contributed by atoms with Crippen molar-refractivity contribution in [3.63, 3.8) is 0 Å². The summed E-state index contributed by atoms with van der Waals surface area (Å²) in [6.45, 7) is 6.47. The van der Waals surface area contributed by atoms with Crippen LogP contribution in [0.3, 0.4) is 0 Å². The molecule has 0 aromatic carbocycles. The summed E-state index contributed by atoms with van der Waals surface area (Å²) in [5.41, 5.74) is -2.49. The predicted octanol–water partition coefficient (Wildman–Crippen LogP) is 1.92. The minimum atomic E-state index is -1.89. The molecule has 16 heavy (non-hydrogen) atoms. The van der Waals surface area contributed by atoms with Crippen LogP contribution in [-0.2, 0) is 9.53 Å². The number of amides is 1. The molecule has 0 saturated carbocycles. The molecule has 0 aromatic rings. The molecule has 0 bridgehead atoms. The summed E-state index contributed by atoms with van der Waals surface area (Å²) in [6, 6.07) is 0. The van der Waals surface area contributed by atoms with E-state index in [1.165, 1.54) is 11.8 Å². The van der Waals surface area contributed by atoms with Gasteiger partial charge in [0.25, 0.3) is 0 Å². The molecule has 1 amide bonds. The third-order valence-electron chi connectivity index (χ3n) is 2.50. The van der Waals surface area contributed by atoms with Gasteiger partial charge in [-0.15, -0.1) is 0 Å². The van der Waals surface area contributed by atoms with E-state index in [0.717, 1.165) is 0 Å². The zero-order valence-electron chi connectivity index (χ0n) is 10.2. The molecule has 0 unspecified atom stereocenters.